The zero-order chi connectivity index (χ0) is 36.6. The predicted octanol–water partition coefficient (Wildman–Crippen LogP) is 11.2. The van der Waals surface area contributed by atoms with Crippen molar-refractivity contribution in [1.29, 1.82) is 0 Å². The molecule has 266 valence electrons. The lowest BCUT2D eigenvalue weighted by molar-refractivity contribution is 0.195. The SMILES string of the molecule is CC1CC=Cc2c1n(-c1ccccc1)c1ccc(-c3cccc(N4c5ccccc5B5c6cccc7c6N(c6cccc4c65)C4(C)CCCCC74C)c3)cc21. The molecular weight excluding hydrogens is 665 g/mol. The third-order valence-electron chi connectivity index (χ3n) is 14.5. The van der Waals surface area contributed by atoms with Gasteiger partial charge in [0.05, 0.1) is 11.1 Å². The molecule has 6 aromatic carbocycles. The molecule has 3 unspecified atom stereocenters. The highest BCUT2D eigenvalue weighted by atomic mass is 15.3. The molecule has 55 heavy (non-hydrogen) atoms. The number of rotatable bonds is 3. The first-order valence-corrected chi connectivity index (χ1v) is 20.4. The maximum absolute atomic E-state index is 2.81. The van der Waals surface area contributed by atoms with Crippen LogP contribution >= 0.6 is 0 Å². The highest BCUT2D eigenvalue weighted by molar-refractivity contribution is 7.00. The summed E-state index contributed by atoms with van der Waals surface area (Å²) in [6, 6.07) is 50.8. The van der Waals surface area contributed by atoms with E-state index < -0.39 is 0 Å². The van der Waals surface area contributed by atoms with Crippen LogP contribution in [0.4, 0.5) is 28.4 Å². The van der Waals surface area contributed by atoms with Gasteiger partial charge in [-0.05, 0) is 114 Å². The van der Waals surface area contributed by atoms with Gasteiger partial charge in [0.25, 0.3) is 6.71 Å². The zero-order valence-electron chi connectivity index (χ0n) is 31.9. The van der Waals surface area contributed by atoms with Crippen LogP contribution in [0.25, 0.3) is 33.8 Å². The summed E-state index contributed by atoms with van der Waals surface area (Å²) in [5, 5.41) is 1.32. The molecule has 3 aliphatic heterocycles. The molecule has 1 fully saturated rings. The van der Waals surface area contributed by atoms with E-state index in [-0.39, 0.29) is 17.7 Å². The van der Waals surface area contributed by atoms with E-state index in [1.165, 1.54) is 109 Å². The molecule has 5 aliphatic rings. The van der Waals surface area contributed by atoms with Crippen molar-refractivity contribution in [1.82, 2.24) is 4.57 Å². The Morgan fingerprint density at radius 2 is 1.38 bits per heavy atom. The Balaban J connectivity index is 1.04. The molecule has 0 radical (unpaired) electrons. The summed E-state index contributed by atoms with van der Waals surface area (Å²) in [6.45, 7) is 7.68. The first-order chi connectivity index (χ1) is 27.0. The van der Waals surface area contributed by atoms with E-state index in [1.807, 2.05) is 0 Å². The molecule has 0 amide bonds. The maximum atomic E-state index is 2.81. The van der Waals surface area contributed by atoms with Crippen molar-refractivity contribution >= 4 is 68.5 Å². The number of para-hydroxylation sites is 3. The maximum Gasteiger partial charge on any atom is 0.252 e. The summed E-state index contributed by atoms with van der Waals surface area (Å²) in [5.41, 5.74) is 20.4. The Morgan fingerprint density at radius 1 is 0.655 bits per heavy atom. The lowest BCUT2D eigenvalue weighted by atomic mass is 9.33. The molecule has 1 saturated carbocycles. The third kappa shape index (κ3) is 4.02. The molecule has 0 bridgehead atoms. The van der Waals surface area contributed by atoms with E-state index in [1.54, 1.807) is 5.56 Å². The minimum Gasteiger partial charge on any atom is -0.335 e. The van der Waals surface area contributed by atoms with Crippen molar-refractivity contribution in [2.75, 3.05) is 9.80 Å². The standard InChI is InChI=1S/C51H44BN3/c1-33-15-11-20-38-39-32-35(27-28-43(39)54(48(33)38)36-17-5-4-6-18-36)34-16-12-19-37(31-34)53-44-24-8-7-22-41(44)52-42-23-13-21-40-49(42)55(46-26-14-25-45(53)47(46)52)51(3)30-10-9-29-50(40,51)2/h4-8,11-14,16-28,31-33H,9-10,15,29-30H2,1-3H3. The second-order valence-electron chi connectivity index (χ2n) is 17.2. The second kappa shape index (κ2) is 11.2. The Kier molecular flexibility index (Phi) is 6.42. The number of aromatic nitrogens is 1. The van der Waals surface area contributed by atoms with Crippen molar-refractivity contribution in [2.24, 2.45) is 0 Å². The van der Waals surface area contributed by atoms with Crippen LogP contribution in [0.15, 0.2) is 140 Å². The van der Waals surface area contributed by atoms with Gasteiger partial charge in [-0.3, -0.25) is 0 Å². The fourth-order valence-electron chi connectivity index (χ4n) is 11.8. The molecule has 4 heterocycles. The fraction of sp³-hybridized carbons (Fsp3) is 0.216. The van der Waals surface area contributed by atoms with Gasteiger partial charge >= 0.3 is 0 Å². The van der Waals surface area contributed by atoms with Crippen LogP contribution in [-0.4, -0.2) is 16.8 Å². The van der Waals surface area contributed by atoms with Crippen molar-refractivity contribution in [3.63, 3.8) is 0 Å². The topological polar surface area (TPSA) is 11.4 Å². The molecule has 2 aliphatic carbocycles. The molecule has 3 nitrogen and oxygen atoms in total. The van der Waals surface area contributed by atoms with E-state index >= 15 is 0 Å². The second-order valence-corrected chi connectivity index (χ2v) is 17.2. The average molecular weight is 710 g/mol. The van der Waals surface area contributed by atoms with E-state index in [0.29, 0.717) is 5.92 Å². The van der Waals surface area contributed by atoms with Crippen molar-refractivity contribution < 1.29 is 0 Å². The number of benzene rings is 6. The van der Waals surface area contributed by atoms with Gasteiger partial charge < -0.3 is 14.4 Å². The minimum atomic E-state index is 0.0375. The number of allylic oxidation sites excluding steroid dienone is 1. The highest BCUT2D eigenvalue weighted by Crippen LogP contribution is 2.61. The molecule has 1 aromatic heterocycles. The zero-order valence-corrected chi connectivity index (χ0v) is 31.9. The largest absolute Gasteiger partial charge is 0.335 e. The quantitative estimate of drug-likeness (QED) is 0.169. The van der Waals surface area contributed by atoms with Crippen LogP contribution in [-0.2, 0) is 5.41 Å². The summed E-state index contributed by atoms with van der Waals surface area (Å²) >= 11 is 0. The Labute approximate surface area is 324 Å². The van der Waals surface area contributed by atoms with Gasteiger partial charge in [-0.2, -0.15) is 0 Å². The van der Waals surface area contributed by atoms with Crippen molar-refractivity contribution in [2.45, 2.75) is 69.7 Å². The Morgan fingerprint density at radius 3 is 2.29 bits per heavy atom. The van der Waals surface area contributed by atoms with E-state index in [2.05, 4.69) is 181 Å². The normalized spacial score (nSPS) is 22.6. The molecule has 7 aromatic rings. The van der Waals surface area contributed by atoms with Gasteiger partial charge in [0.2, 0.25) is 0 Å². The van der Waals surface area contributed by atoms with E-state index in [9.17, 15) is 0 Å². The number of anilines is 5. The smallest absolute Gasteiger partial charge is 0.252 e. The van der Waals surface area contributed by atoms with Crippen molar-refractivity contribution in [3.8, 4) is 16.8 Å². The fourth-order valence-corrected chi connectivity index (χ4v) is 11.8. The van der Waals surface area contributed by atoms with Gasteiger partial charge in [0.15, 0.2) is 0 Å². The van der Waals surface area contributed by atoms with Gasteiger partial charge in [0, 0.05) is 62.1 Å². The van der Waals surface area contributed by atoms with Crippen LogP contribution in [0, 0.1) is 0 Å². The first kappa shape index (κ1) is 31.6. The molecule has 0 saturated heterocycles. The molecule has 0 N–H and O–H groups in total. The van der Waals surface area contributed by atoms with E-state index in [0.717, 1.165) is 6.42 Å². The average Bonchev–Trinajstić information content (AvgIpc) is 3.67. The van der Waals surface area contributed by atoms with Gasteiger partial charge in [-0.15, -0.1) is 0 Å². The van der Waals surface area contributed by atoms with Crippen molar-refractivity contribution in [3.05, 3.63) is 156 Å². The Hall–Kier alpha value is -5.74. The first-order valence-electron chi connectivity index (χ1n) is 20.4. The summed E-state index contributed by atoms with van der Waals surface area (Å²) in [7, 11) is 0. The minimum absolute atomic E-state index is 0.0375. The molecule has 0 spiro atoms. The van der Waals surface area contributed by atoms with Crippen LogP contribution < -0.4 is 26.2 Å². The van der Waals surface area contributed by atoms with Gasteiger partial charge in [-0.25, -0.2) is 0 Å². The van der Waals surface area contributed by atoms with Crippen LogP contribution in [0.1, 0.15) is 75.6 Å². The molecule has 12 rings (SSSR count). The van der Waals surface area contributed by atoms with Gasteiger partial charge in [0.1, 0.15) is 0 Å². The number of hydrogen-bond acceptors (Lipinski definition) is 2. The van der Waals surface area contributed by atoms with Crippen LogP contribution in [0.2, 0.25) is 0 Å². The lowest BCUT2D eigenvalue weighted by Gasteiger charge is -2.52. The summed E-state index contributed by atoms with van der Waals surface area (Å²) in [4.78, 5) is 5.36. The molecule has 4 heteroatoms. The van der Waals surface area contributed by atoms with E-state index in [4.69, 9.17) is 0 Å². The summed E-state index contributed by atoms with van der Waals surface area (Å²) in [5.74, 6) is 0.452. The number of nitrogens with zero attached hydrogens (tertiary/aromatic N) is 3. The number of hydrogen-bond donors (Lipinski definition) is 0. The lowest BCUT2D eigenvalue weighted by Crippen LogP contribution is -2.64. The van der Waals surface area contributed by atoms with Crippen LogP contribution in [0.5, 0.6) is 0 Å². The Bertz CT molecular complexity index is 2780. The summed E-state index contributed by atoms with van der Waals surface area (Å²) < 4.78 is 2.50. The van der Waals surface area contributed by atoms with Crippen LogP contribution in [0.3, 0.4) is 0 Å². The van der Waals surface area contributed by atoms with Gasteiger partial charge in [-0.1, -0.05) is 118 Å². The summed E-state index contributed by atoms with van der Waals surface area (Å²) in [6.07, 6.45) is 10.8. The molecular formula is C51H44BN3. The highest BCUT2D eigenvalue weighted by Gasteiger charge is 2.61. The molecule has 3 atom stereocenters. The third-order valence-corrected chi connectivity index (χ3v) is 14.5. The number of fused-ring (bicyclic) bond motifs is 10. The monoisotopic (exact) mass is 709 g/mol. The predicted molar refractivity (Wildman–Crippen MR) is 233 cm³/mol.